The lowest BCUT2D eigenvalue weighted by molar-refractivity contribution is -0.133. The van der Waals surface area contributed by atoms with Crippen LogP contribution in [0.5, 0.6) is 0 Å². The molecule has 0 spiro atoms. The van der Waals surface area contributed by atoms with Crippen LogP contribution in [0.3, 0.4) is 0 Å². The normalized spacial score (nSPS) is 15.8. The SMILES string of the molecule is CC(C(=O)N1CCCC1)n1nc(-c2cccnc2)ccc1=O. The average molecular weight is 298 g/mol. The average Bonchev–Trinajstić information content (AvgIpc) is 3.09. The van der Waals surface area contributed by atoms with E-state index in [1.165, 1.54) is 10.7 Å². The van der Waals surface area contributed by atoms with Crippen molar-refractivity contribution in [3.05, 3.63) is 47.0 Å². The van der Waals surface area contributed by atoms with Gasteiger partial charge in [0.2, 0.25) is 5.91 Å². The molecule has 22 heavy (non-hydrogen) atoms. The van der Waals surface area contributed by atoms with Crippen molar-refractivity contribution >= 4 is 5.91 Å². The van der Waals surface area contributed by atoms with E-state index in [0.29, 0.717) is 5.69 Å². The fourth-order valence-corrected chi connectivity index (χ4v) is 2.68. The quantitative estimate of drug-likeness (QED) is 0.861. The van der Waals surface area contributed by atoms with Crippen molar-refractivity contribution in [2.75, 3.05) is 13.1 Å². The maximum Gasteiger partial charge on any atom is 0.267 e. The lowest BCUT2D eigenvalue weighted by atomic mass is 10.2. The second kappa shape index (κ2) is 6.09. The Labute approximate surface area is 128 Å². The van der Waals surface area contributed by atoms with Gasteiger partial charge < -0.3 is 4.90 Å². The fraction of sp³-hybridized carbons (Fsp3) is 0.375. The Morgan fingerprint density at radius 1 is 1.23 bits per heavy atom. The van der Waals surface area contributed by atoms with Crippen molar-refractivity contribution in [2.45, 2.75) is 25.8 Å². The Kier molecular flexibility index (Phi) is 4.00. The molecule has 1 saturated heterocycles. The number of hydrogen-bond acceptors (Lipinski definition) is 4. The van der Waals surface area contributed by atoms with E-state index in [9.17, 15) is 9.59 Å². The Bertz CT molecular complexity index is 720. The van der Waals surface area contributed by atoms with E-state index in [4.69, 9.17) is 0 Å². The summed E-state index contributed by atoms with van der Waals surface area (Å²) < 4.78 is 1.27. The van der Waals surface area contributed by atoms with Gasteiger partial charge in [-0.15, -0.1) is 0 Å². The van der Waals surface area contributed by atoms with Crippen LogP contribution in [0, 0.1) is 0 Å². The summed E-state index contributed by atoms with van der Waals surface area (Å²) in [5.41, 5.74) is 1.18. The molecule has 0 saturated carbocycles. The van der Waals surface area contributed by atoms with E-state index < -0.39 is 6.04 Å². The molecule has 1 unspecified atom stereocenters. The van der Waals surface area contributed by atoms with Crippen LogP contribution >= 0.6 is 0 Å². The molecule has 0 radical (unpaired) electrons. The van der Waals surface area contributed by atoms with E-state index >= 15 is 0 Å². The molecular formula is C16H18N4O2. The third kappa shape index (κ3) is 2.77. The number of carbonyl (C=O) groups is 1. The first kappa shape index (κ1) is 14.4. The van der Waals surface area contributed by atoms with Gasteiger partial charge in [0.1, 0.15) is 6.04 Å². The summed E-state index contributed by atoms with van der Waals surface area (Å²) in [6.07, 6.45) is 5.41. The highest BCUT2D eigenvalue weighted by atomic mass is 16.2. The van der Waals surface area contributed by atoms with Gasteiger partial charge in [-0.05, 0) is 38.0 Å². The van der Waals surface area contributed by atoms with Crippen molar-refractivity contribution in [3.8, 4) is 11.3 Å². The van der Waals surface area contributed by atoms with E-state index in [2.05, 4.69) is 10.1 Å². The Morgan fingerprint density at radius 3 is 2.68 bits per heavy atom. The van der Waals surface area contributed by atoms with E-state index in [1.54, 1.807) is 30.3 Å². The van der Waals surface area contributed by atoms with Crippen LogP contribution in [0.2, 0.25) is 0 Å². The molecule has 0 N–H and O–H groups in total. The number of pyridine rings is 1. The molecule has 3 rings (SSSR count). The van der Waals surface area contributed by atoms with Gasteiger partial charge >= 0.3 is 0 Å². The van der Waals surface area contributed by atoms with Gasteiger partial charge in [0, 0.05) is 37.1 Å². The maximum absolute atomic E-state index is 12.5. The van der Waals surface area contributed by atoms with E-state index in [0.717, 1.165) is 31.5 Å². The molecule has 6 heteroatoms. The summed E-state index contributed by atoms with van der Waals surface area (Å²) in [5.74, 6) is -0.0459. The highest BCUT2D eigenvalue weighted by Gasteiger charge is 2.25. The third-order valence-corrected chi connectivity index (χ3v) is 3.92. The number of nitrogens with zero attached hydrogens (tertiary/aromatic N) is 4. The summed E-state index contributed by atoms with van der Waals surface area (Å²) >= 11 is 0. The lowest BCUT2D eigenvalue weighted by Gasteiger charge is -2.21. The lowest BCUT2D eigenvalue weighted by Crippen LogP contribution is -2.38. The summed E-state index contributed by atoms with van der Waals surface area (Å²) in [7, 11) is 0. The molecule has 2 aromatic rings. The van der Waals surface area contributed by atoms with Gasteiger partial charge in [-0.25, -0.2) is 4.68 Å². The van der Waals surface area contributed by atoms with Crippen molar-refractivity contribution < 1.29 is 4.79 Å². The zero-order valence-corrected chi connectivity index (χ0v) is 12.5. The highest BCUT2D eigenvalue weighted by molar-refractivity contribution is 5.80. The molecule has 1 aliphatic heterocycles. The van der Waals surface area contributed by atoms with Crippen LogP contribution in [-0.4, -0.2) is 38.7 Å². The minimum Gasteiger partial charge on any atom is -0.341 e. The number of amides is 1. The van der Waals surface area contributed by atoms with E-state index in [1.807, 2.05) is 12.1 Å². The van der Waals surface area contributed by atoms with Gasteiger partial charge in [0.15, 0.2) is 0 Å². The third-order valence-electron chi connectivity index (χ3n) is 3.92. The molecule has 6 nitrogen and oxygen atoms in total. The predicted octanol–water partition coefficient (Wildman–Crippen LogP) is 1.49. The highest BCUT2D eigenvalue weighted by Crippen LogP contribution is 2.16. The summed E-state index contributed by atoms with van der Waals surface area (Å²) in [6.45, 7) is 3.25. The smallest absolute Gasteiger partial charge is 0.267 e. The largest absolute Gasteiger partial charge is 0.341 e. The minimum atomic E-state index is -0.595. The zero-order valence-electron chi connectivity index (χ0n) is 12.5. The first-order valence-corrected chi connectivity index (χ1v) is 7.46. The molecule has 0 bridgehead atoms. The second-order valence-electron chi connectivity index (χ2n) is 5.45. The van der Waals surface area contributed by atoms with Crippen molar-refractivity contribution in [2.24, 2.45) is 0 Å². The van der Waals surface area contributed by atoms with Gasteiger partial charge in [0.05, 0.1) is 5.69 Å². The first-order chi connectivity index (χ1) is 10.7. The van der Waals surface area contributed by atoms with Crippen LogP contribution in [0.15, 0.2) is 41.5 Å². The van der Waals surface area contributed by atoms with Gasteiger partial charge in [-0.3, -0.25) is 14.6 Å². The van der Waals surface area contributed by atoms with Crippen molar-refractivity contribution in [1.29, 1.82) is 0 Å². The maximum atomic E-state index is 12.5. The van der Waals surface area contributed by atoms with Crippen LogP contribution in [-0.2, 0) is 4.79 Å². The summed E-state index contributed by atoms with van der Waals surface area (Å²) in [6, 6.07) is 6.19. The van der Waals surface area contributed by atoms with Crippen LogP contribution < -0.4 is 5.56 Å². The molecule has 0 aliphatic carbocycles. The van der Waals surface area contributed by atoms with Gasteiger partial charge in [0.25, 0.3) is 5.56 Å². The fourth-order valence-electron chi connectivity index (χ4n) is 2.68. The van der Waals surface area contributed by atoms with Gasteiger partial charge in [-0.1, -0.05) is 0 Å². The molecular weight excluding hydrogens is 280 g/mol. The Morgan fingerprint density at radius 2 is 2.00 bits per heavy atom. The first-order valence-electron chi connectivity index (χ1n) is 7.46. The Hall–Kier alpha value is -2.50. The predicted molar refractivity (Wildman–Crippen MR) is 82.3 cm³/mol. The molecule has 1 atom stereocenters. The molecule has 1 amide bonds. The van der Waals surface area contributed by atoms with Crippen molar-refractivity contribution in [3.63, 3.8) is 0 Å². The van der Waals surface area contributed by atoms with Crippen LogP contribution in [0.1, 0.15) is 25.8 Å². The number of hydrogen-bond donors (Lipinski definition) is 0. The molecule has 0 aromatic carbocycles. The van der Waals surface area contributed by atoms with Crippen LogP contribution in [0.4, 0.5) is 0 Å². The molecule has 1 fully saturated rings. The zero-order chi connectivity index (χ0) is 15.5. The number of likely N-dealkylation sites (tertiary alicyclic amines) is 1. The molecule has 3 heterocycles. The second-order valence-corrected chi connectivity index (χ2v) is 5.45. The number of carbonyl (C=O) groups excluding carboxylic acids is 1. The summed E-state index contributed by atoms with van der Waals surface area (Å²) in [5, 5.41) is 4.35. The monoisotopic (exact) mass is 298 g/mol. The number of aromatic nitrogens is 3. The van der Waals surface area contributed by atoms with Crippen LogP contribution in [0.25, 0.3) is 11.3 Å². The molecule has 1 aliphatic rings. The topological polar surface area (TPSA) is 68.1 Å². The standard InChI is InChI=1S/C16H18N4O2/c1-12(16(22)19-9-2-3-10-19)20-15(21)7-6-14(18-20)13-5-4-8-17-11-13/h4-8,11-12H,2-3,9-10H2,1H3. The summed E-state index contributed by atoms with van der Waals surface area (Å²) in [4.78, 5) is 30.4. The Balaban J connectivity index is 1.92. The van der Waals surface area contributed by atoms with Crippen molar-refractivity contribution in [1.82, 2.24) is 19.7 Å². The van der Waals surface area contributed by atoms with E-state index in [-0.39, 0.29) is 11.5 Å². The molecule has 2 aromatic heterocycles. The number of rotatable bonds is 3. The minimum absolute atomic E-state index is 0.0459. The van der Waals surface area contributed by atoms with Gasteiger partial charge in [-0.2, -0.15) is 5.10 Å². The molecule has 114 valence electrons.